The normalized spacial score (nSPS) is 15.8. The Morgan fingerprint density at radius 2 is 1.91 bits per heavy atom. The van der Waals surface area contributed by atoms with Crippen molar-refractivity contribution in [1.82, 2.24) is 10.2 Å². The molecular formula is C24H28FN5O2. The van der Waals surface area contributed by atoms with Gasteiger partial charge in [-0.1, -0.05) is 26.5 Å². The number of piperazine rings is 1. The van der Waals surface area contributed by atoms with E-state index in [4.69, 9.17) is 5.26 Å². The Morgan fingerprint density at radius 3 is 2.44 bits per heavy atom. The van der Waals surface area contributed by atoms with Gasteiger partial charge in [-0.05, 0) is 48.8 Å². The molecule has 1 fully saturated rings. The van der Waals surface area contributed by atoms with Crippen LogP contribution in [0.4, 0.5) is 10.1 Å². The highest BCUT2D eigenvalue weighted by molar-refractivity contribution is 6.03. The molecule has 1 aliphatic rings. The fourth-order valence-electron chi connectivity index (χ4n) is 2.91. The highest BCUT2D eigenvalue weighted by atomic mass is 19.1. The number of nitrogens with zero attached hydrogens (tertiary/aromatic N) is 4. The van der Waals surface area contributed by atoms with Crippen molar-refractivity contribution >= 4 is 23.2 Å². The number of benzene rings is 1. The van der Waals surface area contributed by atoms with Crippen molar-refractivity contribution in [1.29, 1.82) is 5.26 Å². The quantitative estimate of drug-likeness (QED) is 0.364. The van der Waals surface area contributed by atoms with E-state index < -0.39 is 0 Å². The van der Waals surface area contributed by atoms with E-state index in [0.29, 0.717) is 35.1 Å². The van der Waals surface area contributed by atoms with E-state index in [9.17, 15) is 14.0 Å². The van der Waals surface area contributed by atoms with Crippen LogP contribution in [0.5, 0.6) is 0 Å². The summed E-state index contributed by atoms with van der Waals surface area (Å²) in [5.74, 6) is -0.720. The summed E-state index contributed by atoms with van der Waals surface area (Å²) in [6.45, 7) is 10.2. The minimum absolute atomic E-state index is 0.0185. The molecule has 7 nitrogen and oxygen atoms in total. The standard InChI is InChI=1S/C24H28FN5O2/c1-5-19(13-27-18(4)11-26)10-21(28-12-17(2)3)14-30-23(31)15-29(16-24(30)32)22-8-6-20(25)7-9-22/h5-10,13,17,28H,1,12,14-16H2,2-4H3/b19-13+,21-10-,27-18?. The Bertz CT molecular complexity index is 969. The molecule has 0 atom stereocenters. The number of aliphatic imine (C=N–C) groups is 1. The van der Waals surface area contributed by atoms with Gasteiger partial charge in [0, 0.05) is 24.1 Å². The van der Waals surface area contributed by atoms with Crippen molar-refractivity contribution in [2.75, 3.05) is 31.1 Å². The fourth-order valence-corrected chi connectivity index (χ4v) is 2.91. The maximum Gasteiger partial charge on any atom is 0.249 e. The first-order valence-electron chi connectivity index (χ1n) is 10.3. The van der Waals surface area contributed by atoms with Crippen LogP contribution in [0.25, 0.3) is 0 Å². The van der Waals surface area contributed by atoms with Gasteiger partial charge in [-0.15, -0.1) is 0 Å². The Kier molecular flexibility index (Phi) is 8.90. The first-order chi connectivity index (χ1) is 15.2. The zero-order valence-corrected chi connectivity index (χ0v) is 18.6. The number of hydrogen-bond donors (Lipinski definition) is 1. The lowest BCUT2D eigenvalue weighted by Crippen LogP contribution is -2.55. The van der Waals surface area contributed by atoms with Crippen LogP contribution < -0.4 is 10.2 Å². The van der Waals surface area contributed by atoms with Gasteiger partial charge in [-0.2, -0.15) is 5.26 Å². The predicted molar refractivity (Wildman–Crippen MR) is 123 cm³/mol. The number of imide groups is 1. The van der Waals surface area contributed by atoms with E-state index >= 15 is 0 Å². The summed E-state index contributed by atoms with van der Waals surface area (Å²) in [5, 5.41) is 12.2. The van der Waals surface area contributed by atoms with Crippen LogP contribution in [-0.2, 0) is 9.59 Å². The van der Waals surface area contributed by atoms with Gasteiger partial charge in [0.25, 0.3) is 0 Å². The topological polar surface area (TPSA) is 88.8 Å². The molecule has 1 N–H and O–H groups in total. The average molecular weight is 438 g/mol. The third-order valence-electron chi connectivity index (χ3n) is 4.66. The second kappa shape index (κ2) is 11.6. The molecule has 2 rings (SSSR count). The molecule has 0 spiro atoms. The largest absolute Gasteiger partial charge is 0.387 e. The second-order valence-electron chi connectivity index (χ2n) is 7.81. The van der Waals surface area contributed by atoms with E-state index in [2.05, 4.69) is 16.9 Å². The van der Waals surface area contributed by atoms with E-state index in [0.717, 1.165) is 0 Å². The Morgan fingerprint density at radius 1 is 1.28 bits per heavy atom. The summed E-state index contributed by atoms with van der Waals surface area (Å²) in [5.41, 5.74) is 2.21. The summed E-state index contributed by atoms with van der Waals surface area (Å²) in [7, 11) is 0. The van der Waals surface area contributed by atoms with Crippen LogP contribution >= 0.6 is 0 Å². The van der Waals surface area contributed by atoms with Crippen molar-refractivity contribution in [3.63, 3.8) is 0 Å². The second-order valence-corrected chi connectivity index (χ2v) is 7.81. The van der Waals surface area contributed by atoms with Crippen molar-refractivity contribution < 1.29 is 14.0 Å². The molecule has 0 aromatic heterocycles. The number of nitrogens with one attached hydrogen (secondary N) is 1. The number of carbonyl (C=O) groups is 2. The Balaban J connectivity index is 2.22. The minimum Gasteiger partial charge on any atom is -0.387 e. The highest BCUT2D eigenvalue weighted by Crippen LogP contribution is 2.19. The lowest BCUT2D eigenvalue weighted by molar-refractivity contribution is -0.144. The molecule has 0 bridgehead atoms. The molecule has 0 saturated carbocycles. The molecule has 8 heteroatoms. The molecule has 0 unspecified atom stereocenters. The molecule has 0 radical (unpaired) electrons. The molecular weight excluding hydrogens is 409 g/mol. The zero-order valence-electron chi connectivity index (χ0n) is 18.6. The van der Waals surface area contributed by atoms with Crippen molar-refractivity contribution in [3.05, 3.63) is 66.3 Å². The van der Waals surface area contributed by atoms with Crippen molar-refractivity contribution in [2.45, 2.75) is 20.8 Å². The third-order valence-corrected chi connectivity index (χ3v) is 4.66. The maximum atomic E-state index is 13.2. The van der Waals surface area contributed by atoms with Gasteiger partial charge in [0.15, 0.2) is 0 Å². The van der Waals surface area contributed by atoms with Gasteiger partial charge >= 0.3 is 0 Å². The van der Waals surface area contributed by atoms with Gasteiger partial charge in [-0.3, -0.25) is 14.5 Å². The van der Waals surface area contributed by atoms with Crippen LogP contribution in [0, 0.1) is 23.1 Å². The molecule has 1 aromatic rings. The lowest BCUT2D eigenvalue weighted by atomic mass is 10.1. The minimum atomic E-state index is -0.378. The van der Waals surface area contributed by atoms with E-state index in [1.807, 2.05) is 19.9 Å². The van der Waals surface area contributed by atoms with Crippen LogP contribution in [0.15, 0.2) is 65.5 Å². The monoisotopic (exact) mass is 437 g/mol. The summed E-state index contributed by atoms with van der Waals surface area (Å²) >= 11 is 0. The van der Waals surface area contributed by atoms with Crippen molar-refractivity contribution in [2.24, 2.45) is 10.9 Å². The predicted octanol–water partition coefficient (Wildman–Crippen LogP) is 3.18. The Hall–Kier alpha value is -3.73. The Labute approximate surface area is 188 Å². The van der Waals surface area contributed by atoms with Crippen LogP contribution in [0.3, 0.4) is 0 Å². The summed E-state index contributed by atoms with van der Waals surface area (Å²) in [6, 6.07) is 7.64. The fraction of sp³-hybridized carbons (Fsp3) is 0.333. The third kappa shape index (κ3) is 7.20. The van der Waals surface area contributed by atoms with Crippen LogP contribution in [0.1, 0.15) is 20.8 Å². The number of nitriles is 1. The SMILES string of the molecule is C=CC(/C=C(/CN1C(=O)CN(c2ccc(F)cc2)CC1=O)NCC(C)C)=C\N=C(C)C#N. The molecule has 1 heterocycles. The molecule has 1 saturated heterocycles. The summed E-state index contributed by atoms with van der Waals surface area (Å²) in [6.07, 6.45) is 4.86. The molecule has 168 valence electrons. The lowest BCUT2D eigenvalue weighted by Gasteiger charge is -2.34. The number of anilines is 1. The van der Waals surface area contributed by atoms with Gasteiger partial charge in [-0.25, -0.2) is 9.38 Å². The smallest absolute Gasteiger partial charge is 0.249 e. The van der Waals surface area contributed by atoms with Crippen molar-refractivity contribution in [3.8, 4) is 6.07 Å². The number of amides is 2. The molecule has 32 heavy (non-hydrogen) atoms. The molecule has 2 amide bonds. The van der Waals surface area contributed by atoms with Gasteiger partial charge < -0.3 is 10.2 Å². The van der Waals surface area contributed by atoms with Gasteiger partial charge in [0.2, 0.25) is 11.8 Å². The van der Waals surface area contributed by atoms with E-state index in [-0.39, 0.29) is 37.3 Å². The van der Waals surface area contributed by atoms with Crippen LogP contribution in [-0.4, -0.2) is 48.6 Å². The first kappa shape index (κ1) is 24.5. The summed E-state index contributed by atoms with van der Waals surface area (Å²) in [4.78, 5) is 32.5. The van der Waals surface area contributed by atoms with E-state index in [1.165, 1.54) is 23.2 Å². The number of allylic oxidation sites excluding steroid dienone is 3. The molecule has 1 aromatic carbocycles. The number of carbonyl (C=O) groups excluding carboxylic acids is 2. The molecule has 0 aliphatic carbocycles. The molecule has 1 aliphatic heterocycles. The van der Waals surface area contributed by atoms with Crippen LogP contribution in [0.2, 0.25) is 0 Å². The maximum absolute atomic E-state index is 13.2. The van der Waals surface area contributed by atoms with Gasteiger partial charge in [0.05, 0.1) is 19.6 Å². The van der Waals surface area contributed by atoms with Gasteiger partial charge in [0.1, 0.15) is 17.6 Å². The number of rotatable bonds is 9. The number of hydrogen-bond acceptors (Lipinski definition) is 6. The summed E-state index contributed by atoms with van der Waals surface area (Å²) < 4.78 is 13.2. The zero-order chi connectivity index (χ0) is 23.7. The highest BCUT2D eigenvalue weighted by Gasteiger charge is 2.31. The van der Waals surface area contributed by atoms with E-state index in [1.54, 1.807) is 36.1 Å². The first-order valence-corrected chi connectivity index (χ1v) is 10.3. The average Bonchev–Trinajstić information content (AvgIpc) is 2.76. The number of halogens is 1.